The van der Waals surface area contributed by atoms with Crippen molar-refractivity contribution in [3.8, 4) is 0 Å². The van der Waals surface area contributed by atoms with Crippen molar-refractivity contribution in [1.29, 1.82) is 0 Å². The predicted octanol–water partition coefficient (Wildman–Crippen LogP) is 2.85. The molecule has 1 atom stereocenters. The molecule has 1 unspecified atom stereocenters. The molecule has 6 heteroatoms. The van der Waals surface area contributed by atoms with Crippen LogP contribution in [-0.2, 0) is 0 Å². The second-order valence-corrected chi connectivity index (χ2v) is 6.58. The zero-order chi connectivity index (χ0) is 16.7. The molecule has 0 spiro atoms. The van der Waals surface area contributed by atoms with Crippen LogP contribution in [-0.4, -0.2) is 43.6 Å². The Morgan fingerprint density at radius 1 is 1.33 bits per heavy atom. The summed E-state index contributed by atoms with van der Waals surface area (Å²) in [5.74, 6) is 1.08. The fraction of sp³-hybridized carbons (Fsp3) is 0.389. The molecule has 1 N–H and O–H groups in total. The number of carbonyl (C=O) groups excluding carboxylic acids is 1. The number of nitrogens with zero attached hydrogens (tertiary/aromatic N) is 4. The number of carbonyl (C=O) groups is 1. The average molecular weight is 323 g/mol. The van der Waals surface area contributed by atoms with Crippen molar-refractivity contribution >= 4 is 16.8 Å². The van der Waals surface area contributed by atoms with Crippen molar-refractivity contribution in [2.24, 2.45) is 0 Å². The van der Waals surface area contributed by atoms with E-state index in [2.05, 4.69) is 19.7 Å². The van der Waals surface area contributed by atoms with Gasteiger partial charge in [-0.1, -0.05) is 0 Å². The van der Waals surface area contributed by atoms with Gasteiger partial charge in [-0.2, -0.15) is 5.10 Å². The van der Waals surface area contributed by atoms with Gasteiger partial charge >= 0.3 is 0 Å². The zero-order valence-electron chi connectivity index (χ0n) is 14.0. The van der Waals surface area contributed by atoms with Gasteiger partial charge in [-0.15, -0.1) is 0 Å². The van der Waals surface area contributed by atoms with E-state index in [4.69, 9.17) is 0 Å². The standard InChI is InChI=1S/C18H21N5O/c1-12-8-14-10-20-21-17(14)16(9-12)18(24)22-6-3-4-15(11-22)23-7-5-19-13(23)2/h5,7-10,15H,3-4,6,11H2,1-2H3,(H,20,21). The summed E-state index contributed by atoms with van der Waals surface area (Å²) in [5.41, 5.74) is 2.61. The summed E-state index contributed by atoms with van der Waals surface area (Å²) in [6, 6.07) is 4.30. The van der Waals surface area contributed by atoms with Crippen LogP contribution >= 0.6 is 0 Å². The number of hydrogen-bond donors (Lipinski definition) is 1. The van der Waals surface area contributed by atoms with E-state index in [1.807, 2.05) is 43.3 Å². The topological polar surface area (TPSA) is 66.8 Å². The lowest BCUT2D eigenvalue weighted by Gasteiger charge is -2.34. The molecule has 24 heavy (non-hydrogen) atoms. The van der Waals surface area contributed by atoms with Gasteiger partial charge in [-0.3, -0.25) is 9.89 Å². The Morgan fingerprint density at radius 2 is 2.21 bits per heavy atom. The summed E-state index contributed by atoms with van der Waals surface area (Å²) in [6.07, 6.45) is 7.69. The number of fused-ring (bicyclic) bond motifs is 1. The van der Waals surface area contributed by atoms with Crippen molar-refractivity contribution in [2.75, 3.05) is 13.1 Å². The lowest BCUT2D eigenvalue weighted by molar-refractivity contribution is 0.0680. The molecule has 1 aliphatic rings. The molecule has 1 fully saturated rings. The predicted molar refractivity (Wildman–Crippen MR) is 92.0 cm³/mol. The van der Waals surface area contributed by atoms with E-state index in [0.717, 1.165) is 48.2 Å². The van der Waals surface area contributed by atoms with Gasteiger partial charge in [0.25, 0.3) is 5.91 Å². The third-order valence-corrected chi connectivity index (χ3v) is 4.86. The SMILES string of the molecule is Cc1cc(C(=O)N2CCCC(n3ccnc3C)C2)c2[nH]ncc2c1. The molecule has 0 saturated carbocycles. The average Bonchev–Trinajstić information content (AvgIpc) is 3.22. The molecule has 0 bridgehead atoms. The highest BCUT2D eigenvalue weighted by molar-refractivity contribution is 6.05. The molecule has 1 saturated heterocycles. The number of aromatic amines is 1. The summed E-state index contributed by atoms with van der Waals surface area (Å²) < 4.78 is 2.18. The Bertz CT molecular complexity index is 894. The Morgan fingerprint density at radius 3 is 3.00 bits per heavy atom. The number of hydrogen-bond acceptors (Lipinski definition) is 3. The summed E-state index contributed by atoms with van der Waals surface area (Å²) in [4.78, 5) is 19.4. The van der Waals surface area contributed by atoms with Gasteiger partial charge in [0, 0.05) is 30.9 Å². The molecule has 2 aromatic heterocycles. The van der Waals surface area contributed by atoms with Gasteiger partial charge in [0.15, 0.2) is 0 Å². The first-order chi connectivity index (χ1) is 11.6. The van der Waals surface area contributed by atoms with Crippen LogP contribution in [0.1, 0.15) is 40.6 Å². The molecule has 3 aromatic rings. The van der Waals surface area contributed by atoms with Gasteiger partial charge in [-0.05, 0) is 44.4 Å². The normalized spacial score (nSPS) is 18.2. The summed E-state index contributed by atoms with van der Waals surface area (Å²) in [7, 11) is 0. The molecule has 1 aliphatic heterocycles. The first-order valence-electron chi connectivity index (χ1n) is 8.36. The molecule has 1 amide bonds. The summed E-state index contributed by atoms with van der Waals surface area (Å²) >= 11 is 0. The van der Waals surface area contributed by atoms with Crippen LogP contribution in [0.4, 0.5) is 0 Å². The minimum atomic E-state index is 0.0791. The lowest BCUT2D eigenvalue weighted by atomic mass is 10.0. The van der Waals surface area contributed by atoms with Crippen LogP contribution in [0.3, 0.4) is 0 Å². The first kappa shape index (κ1) is 14.9. The van der Waals surface area contributed by atoms with E-state index in [1.165, 1.54) is 0 Å². The quantitative estimate of drug-likeness (QED) is 0.788. The van der Waals surface area contributed by atoms with Crippen molar-refractivity contribution in [3.05, 3.63) is 47.7 Å². The number of amides is 1. The van der Waals surface area contributed by atoms with Crippen molar-refractivity contribution in [1.82, 2.24) is 24.6 Å². The Balaban J connectivity index is 1.64. The smallest absolute Gasteiger partial charge is 0.256 e. The molecule has 0 aliphatic carbocycles. The van der Waals surface area contributed by atoms with Crippen LogP contribution in [0, 0.1) is 13.8 Å². The number of benzene rings is 1. The molecular weight excluding hydrogens is 302 g/mol. The summed E-state index contributed by atoms with van der Waals surface area (Å²) in [6.45, 7) is 5.54. The minimum absolute atomic E-state index is 0.0791. The second kappa shape index (κ2) is 5.78. The minimum Gasteiger partial charge on any atom is -0.337 e. The second-order valence-electron chi connectivity index (χ2n) is 6.58. The molecule has 1 aromatic carbocycles. The maximum Gasteiger partial charge on any atom is 0.256 e. The third-order valence-electron chi connectivity index (χ3n) is 4.86. The molecular formula is C18H21N5O. The molecule has 124 valence electrons. The van der Waals surface area contributed by atoms with Crippen LogP contribution < -0.4 is 0 Å². The lowest BCUT2D eigenvalue weighted by Crippen LogP contribution is -2.41. The van der Waals surface area contributed by atoms with Crippen molar-refractivity contribution in [3.63, 3.8) is 0 Å². The highest BCUT2D eigenvalue weighted by atomic mass is 16.2. The largest absolute Gasteiger partial charge is 0.337 e. The van der Waals surface area contributed by atoms with Gasteiger partial charge in [0.2, 0.25) is 0 Å². The number of piperidine rings is 1. The van der Waals surface area contributed by atoms with Crippen LogP contribution in [0.2, 0.25) is 0 Å². The zero-order valence-corrected chi connectivity index (χ0v) is 14.0. The molecule has 3 heterocycles. The van der Waals surface area contributed by atoms with Gasteiger partial charge in [0.05, 0.1) is 23.3 Å². The van der Waals surface area contributed by atoms with Gasteiger partial charge < -0.3 is 9.47 Å². The fourth-order valence-corrected chi connectivity index (χ4v) is 3.69. The van der Waals surface area contributed by atoms with Crippen LogP contribution in [0.25, 0.3) is 10.9 Å². The third kappa shape index (κ3) is 2.48. The number of aryl methyl sites for hydroxylation is 2. The first-order valence-corrected chi connectivity index (χ1v) is 8.36. The number of nitrogens with one attached hydrogen (secondary N) is 1. The molecule has 6 nitrogen and oxygen atoms in total. The van der Waals surface area contributed by atoms with Crippen LogP contribution in [0.15, 0.2) is 30.7 Å². The van der Waals surface area contributed by atoms with E-state index >= 15 is 0 Å². The summed E-state index contributed by atoms with van der Waals surface area (Å²) in [5, 5.41) is 8.04. The highest BCUT2D eigenvalue weighted by Crippen LogP contribution is 2.26. The van der Waals surface area contributed by atoms with E-state index in [1.54, 1.807) is 6.20 Å². The molecule has 0 radical (unpaired) electrons. The van der Waals surface area contributed by atoms with Crippen molar-refractivity contribution in [2.45, 2.75) is 32.7 Å². The van der Waals surface area contributed by atoms with Gasteiger partial charge in [-0.25, -0.2) is 4.98 Å². The van der Waals surface area contributed by atoms with Gasteiger partial charge in [0.1, 0.15) is 5.82 Å². The van der Waals surface area contributed by atoms with E-state index in [9.17, 15) is 4.79 Å². The number of H-pyrrole nitrogens is 1. The van der Waals surface area contributed by atoms with E-state index in [0.29, 0.717) is 11.6 Å². The van der Waals surface area contributed by atoms with E-state index < -0.39 is 0 Å². The van der Waals surface area contributed by atoms with Crippen LogP contribution in [0.5, 0.6) is 0 Å². The van der Waals surface area contributed by atoms with E-state index in [-0.39, 0.29) is 5.91 Å². The fourth-order valence-electron chi connectivity index (χ4n) is 3.69. The Kier molecular flexibility index (Phi) is 3.59. The number of aromatic nitrogens is 4. The maximum absolute atomic E-state index is 13.1. The number of rotatable bonds is 2. The number of imidazole rings is 1. The molecule has 4 rings (SSSR count). The number of likely N-dealkylation sites (tertiary alicyclic amines) is 1. The monoisotopic (exact) mass is 323 g/mol. The highest BCUT2D eigenvalue weighted by Gasteiger charge is 2.27. The Labute approximate surface area is 140 Å². The van der Waals surface area contributed by atoms with Crippen molar-refractivity contribution < 1.29 is 4.79 Å². The maximum atomic E-state index is 13.1. The Hall–Kier alpha value is -2.63.